The van der Waals surface area contributed by atoms with Crippen molar-refractivity contribution in [2.45, 2.75) is 44.9 Å². The number of carbonyl (C=O) groups excluding carboxylic acids is 1. The first kappa shape index (κ1) is 21.7. The highest BCUT2D eigenvalue weighted by Gasteiger charge is 2.26. The van der Waals surface area contributed by atoms with Gasteiger partial charge in [-0.1, -0.05) is 0 Å². The van der Waals surface area contributed by atoms with Gasteiger partial charge in [0.2, 0.25) is 0 Å². The standard InChI is InChI=1S/C24H31FN4O2/c1-18-22(24(30)29-12-3-2-4-13-29)16-26-23(27-18)19-6-5-11-28(17-19)14-15-31-21-9-7-20(25)8-10-21/h7-10,16,19H,2-6,11-15,17H2,1H3/t19-/m0/s1. The first-order valence-electron chi connectivity index (χ1n) is 11.3. The molecule has 0 aliphatic carbocycles. The van der Waals surface area contributed by atoms with Crippen LogP contribution in [0.25, 0.3) is 0 Å². The van der Waals surface area contributed by atoms with Gasteiger partial charge in [-0.2, -0.15) is 0 Å². The number of hydrogen-bond acceptors (Lipinski definition) is 5. The predicted molar refractivity (Wildman–Crippen MR) is 117 cm³/mol. The first-order chi connectivity index (χ1) is 15.1. The molecule has 2 saturated heterocycles. The molecule has 2 aromatic rings. The molecule has 31 heavy (non-hydrogen) atoms. The van der Waals surface area contributed by atoms with E-state index >= 15 is 0 Å². The molecular formula is C24H31FN4O2. The van der Waals surface area contributed by atoms with Crippen molar-refractivity contribution in [3.63, 3.8) is 0 Å². The van der Waals surface area contributed by atoms with Crippen molar-refractivity contribution in [3.8, 4) is 5.75 Å². The fourth-order valence-corrected chi connectivity index (χ4v) is 4.45. The number of piperidine rings is 2. The van der Waals surface area contributed by atoms with E-state index < -0.39 is 0 Å². The van der Waals surface area contributed by atoms with Crippen molar-refractivity contribution in [1.82, 2.24) is 19.8 Å². The topological polar surface area (TPSA) is 58.6 Å². The summed E-state index contributed by atoms with van der Waals surface area (Å²) in [5.41, 5.74) is 1.41. The summed E-state index contributed by atoms with van der Waals surface area (Å²) in [6.07, 6.45) is 7.21. The second kappa shape index (κ2) is 10.2. The molecular weight excluding hydrogens is 395 g/mol. The number of amides is 1. The van der Waals surface area contributed by atoms with E-state index in [9.17, 15) is 9.18 Å². The molecule has 1 amide bonds. The zero-order valence-electron chi connectivity index (χ0n) is 18.2. The van der Waals surface area contributed by atoms with Crippen LogP contribution in [0.5, 0.6) is 5.75 Å². The summed E-state index contributed by atoms with van der Waals surface area (Å²) < 4.78 is 18.7. The number of nitrogens with zero attached hydrogens (tertiary/aromatic N) is 4. The maximum absolute atomic E-state index is 13.0. The van der Waals surface area contributed by atoms with Crippen molar-refractivity contribution in [1.29, 1.82) is 0 Å². The maximum atomic E-state index is 13.0. The van der Waals surface area contributed by atoms with E-state index in [0.29, 0.717) is 17.9 Å². The van der Waals surface area contributed by atoms with Crippen LogP contribution in [0.1, 0.15) is 59.9 Å². The van der Waals surface area contributed by atoms with E-state index in [1.807, 2.05) is 11.8 Å². The van der Waals surface area contributed by atoms with Gasteiger partial charge in [-0.25, -0.2) is 14.4 Å². The Labute approximate surface area is 183 Å². The summed E-state index contributed by atoms with van der Waals surface area (Å²) in [5, 5.41) is 0. The number of halogens is 1. The van der Waals surface area contributed by atoms with Gasteiger partial charge < -0.3 is 9.64 Å². The molecule has 1 atom stereocenters. The van der Waals surface area contributed by atoms with Crippen molar-refractivity contribution >= 4 is 5.91 Å². The fourth-order valence-electron chi connectivity index (χ4n) is 4.45. The lowest BCUT2D eigenvalue weighted by molar-refractivity contribution is 0.0722. The zero-order chi connectivity index (χ0) is 21.6. The molecule has 0 radical (unpaired) electrons. The summed E-state index contributed by atoms with van der Waals surface area (Å²) in [7, 11) is 0. The normalized spacial score (nSPS) is 19.9. The Balaban J connectivity index is 1.32. The largest absolute Gasteiger partial charge is 0.492 e. The second-order valence-corrected chi connectivity index (χ2v) is 8.52. The average molecular weight is 427 g/mol. The minimum atomic E-state index is -0.259. The third-order valence-corrected chi connectivity index (χ3v) is 6.23. The Bertz CT molecular complexity index is 884. The molecule has 7 heteroatoms. The molecule has 0 bridgehead atoms. The smallest absolute Gasteiger partial charge is 0.257 e. The van der Waals surface area contributed by atoms with E-state index in [2.05, 4.69) is 9.88 Å². The summed E-state index contributed by atoms with van der Waals surface area (Å²) in [4.78, 5) is 26.4. The monoisotopic (exact) mass is 426 g/mol. The fraction of sp³-hybridized carbons (Fsp3) is 0.542. The van der Waals surface area contributed by atoms with Crippen LogP contribution < -0.4 is 4.74 Å². The minimum absolute atomic E-state index is 0.0620. The lowest BCUT2D eigenvalue weighted by Crippen LogP contribution is -2.38. The molecule has 0 N–H and O–H groups in total. The quantitative estimate of drug-likeness (QED) is 0.703. The van der Waals surface area contributed by atoms with Crippen LogP contribution in [0.3, 0.4) is 0 Å². The average Bonchev–Trinajstić information content (AvgIpc) is 2.81. The number of ether oxygens (including phenoxy) is 1. The van der Waals surface area contributed by atoms with Gasteiger partial charge in [-0.05, 0) is 69.8 Å². The number of benzene rings is 1. The number of hydrogen-bond donors (Lipinski definition) is 0. The molecule has 3 heterocycles. The molecule has 4 rings (SSSR count). The summed E-state index contributed by atoms with van der Waals surface area (Å²) in [6, 6.07) is 6.12. The lowest BCUT2D eigenvalue weighted by atomic mass is 9.97. The van der Waals surface area contributed by atoms with Crippen LogP contribution >= 0.6 is 0 Å². The van der Waals surface area contributed by atoms with Crippen LogP contribution in [0.15, 0.2) is 30.5 Å². The lowest BCUT2D eigenvalue weighted by Gasteiger charge is -2.32. The number of aryl methyl sites for hydroxylation is 1. The second-order valence-electron chi connectivity index (χ2n) is 8.52. The van der Waals surface area contributed by atoms with Crippen molar-refractivity contribution in [2.24, 2.45) is 0 Å². The molecule has 2 aliphatic heterocycles. The van der Waals surface area contributed by atoms with E-state index in [4.69, 9.17) is 9.72 Å². The highest BCUT2D eigenvalue weighted by atomic mass is 19.1. The number of aromatic nitrogens is 2. The van der Waals surface area contributed by atoms with E-state index in [1.165, 1.54) is 18.6 Å². The van der Waals surface area contributed by atoms with Crippen LogP contribution in [0.4, 0.5) is 4.39 Å². The van der Waals surface area contributed by atoms with Crippen LogP contribution in [0, 0.1) is 12.7 Å². The van der Waals surface area contributed by atoms with E-state index in [-0.39, 0.29) is 17.6 Å². The van der Waals surface area contributed by atoms with Gasteiger partial charge >= 0.3 is 0 Å². The third-order valence-electron chi connectivity index (χ3n) is 6.23. The number of carbonyl (C=O) groups is 1. The van der Waals surface area contributed by atoms with Crippen LogP contribution in [-0.4, -0.2) is 65.0 Å². The molecule has 2 aliphatic rings. The molecule has 0 spiro atoms. The Morgan fingerprint density at radius 3 is 2.65 bits per heavy atom. The van der Waals surface area contributed by atoms with Gasteiger partial charge in [-0.15, -0.1) is 0 Å². The summed E-state index contributed by atoms with van der Waals surface area (Å²) in [6.45, 7) is 6.84. The van der Waals surface area contributed by atoms with Crippen molar-refractivity contribution in [2.75, 3.05) is 39.3 Å². The van der Waals surface area contributed by atoms with Gasteiger partial charge in [0.05, 0.1) is 11.3 Å². The Morgan fingerprint density at radius 2 is 1.90 bits per heavy atom. The zero-order valence-corrected chi connectivity index (χ0v) is 18.2. The Kier molecular flexibility index (Phi) is 7.12. The summed E-state index contributed by atoms with van der Waals surface area (Å²) in [5.74, 6) is 1.58. The van der Waals surface area contributed by atoms with Crippen LogP contribution in [-0.2, 0) is 0 Å². The highest BCUT2D eigenvalue weighted by Crippen LogP contribution is 2.25. The predicted octanol–water partition coefficient (Wildman–Crippen LogP) is 3.81. The maximum Gasteiger partial charge on any atom is 0.257 e. The number of rotatable bonds is 6. The van der Waals surface area contributed by atoms with Crippen LogP contribution in [0.2, 0.25) is 0 Å². The number of likely N-dealkylation sites (tertiary alicyclic amines) is 2. The van der Waals surface area contributed by atoms with Gasteiger partial charge in [0.15, 0.2) is 0 Å². The summed E-state index contributed by atoms with van der Waals surface area (Å²) >= 11 is 0. The Morgan fingerprint density at radius 1 is 1.13 bits per heavy atom. The Hall–Kier alpha value is -2.54. The minimum Gasteiger partial charge on any atom is -0.492 e. The SMILES string of the molecule is Cc1nc([C@H]2CCCN(CCOc3ccc(F)cc3)C2)ncc1C(=O)N1CCCCC1. The van der Waals surface area contributed by atoms with Gasteiger partial charge in [0.25, 0.3) is 5.91 Å². The molecule has 0 saturated carbocycles. The molecule has 6 nitrogen and oxygen atoms in total. The molecule has 166 valence electrons. The molecule has 1 aromatic heterocycles. The highest BCUT2D eigenvalue weighted by molar-refractivity contribution is 5.95. The van der Waals surface area contributed by atoms with Gasteiger partial charge in [-0.3, -0.25) is 9.69 Å². The first-order valence-corrected chi connectivity index (χ1v) is 11.3. The molecule has 2 fully saturated rings. The van der Waals surface area contributed by atoms with Gasteiger partial charge in [0, 0.05) is 38.3 Å². The van der Waals surface area contributed by atoms with E-state index in [0.717, 1.165) is 69.9 Å². The molecule has 0 unspecified atom stereocenters. The van der Waals surface area contributed by atoms with Gasteiger partial charge in [0.1, 0.15) is 24.0 Å². The molecule has 1 aromatic carbocycles. The van der Waals surface area contributed by atoms with Crippen molar-refractivity contribution < 1.29 is 13.9 Å². The van der Waals surface area contributed by atoms with E-state index in [1.54, 1.807) is 18.3 Å². The third kappa shape index (κ3) is 5.58. The van der Waals surface area contributed by atoms with Crippen molar-refractivity contribution in [3.05, 3.63) is 53.4 Å².